The summed E-state index contributed by atoms with van der Waals surface area (Å²) in [4.78, 5) is 14.0. The van der Waals surface area contributed by atoms with Crippen LogP contribution in [0.2, 0.25) is 0 Å². The van der Waals surface area contributed by atoms with Crippen molar-refractivity contribution in [2.75, 3.05) is 20.2 Å². The van der Waals surface area contributed by atoms with Crippen molar-refractivity contribution in [3.8, 4) is 5.75 Å². The second-order valence-corrected chi connectivity index (χ2v) is 4.94. The van der Waals surface area contributed by atoms with Gasteiger partial charge in [-0.3, -0.25) is 4.79 Å². The summed E-state index contributed by atoms with van der Waals surface area (Å²) in [6, 6.07) is 8.31. The molecule has 2 rings (SSSR count). The Balaban J connectivity index is 2.07. The molecule has 0 aliphatic carbocycles. The van der Waals surface area contributed by atoms with Gasteiger partial charge in [-0.25, -0.2) is 0 Å². The van der Waals surface area contributed by atoms with Crippen LogP contribution in [-0.4, -0.2) is 37.0 Å². The zero-order valence-corrected chi connectivity index (χ0v) is 11.5. The van der Waals surface area contributed by atoms with Crippen molar-refractivity contribution in [1.82, 2.24) is 4.90 Å². The molecule has 1 amide bonds. The van der Waals surface area contributed by atoms with Crippen LogP contribution in [0.5, 0.6) is 5.75 Å². The first-order valence-corrected chi connectivity index (χ1v) is 6.87. The molecular weight excluding hydrogens is 240 g/mol. The highest BCUT2D eigenvalue weighted by Gasteiger charge is 2.28. The van der Waals surface area contributed by atoms with Gasteiger partial charge in [0.25, 0.3) is 0 Å². The van der Waals surface area contributed by atoms with Gasteiger partial charge in [-0.2, -0.15) is 0 Å². The number of likely N-dealkylation sites (tertiary alicyclic amines) is 1. The second-order valence-electron chi connectivity index (χ2n) is 4.94. The third kappa shape index (κ3) is 3.26. The highest BCUT2D eigenvalue weighted by atomic mass is 16.5. The van der Waals surface area contributed by atoms with E-state index in [1.807, 2.05) is 23.1 Å². The van der Waals surface area contributed by atoms with Gasteiger partial charge in [0.1, 0.15) is 5.75 Å². The maximum absolute atomic E-state index is 12.0. The monoisotopic (exact) mass is 262 g/mol. The zero-order chi connectivity index (χ0) is 13.7. The van der Waals surface area contributed by atoms with Gasteiger partial charge < -0.3 is 15.4 Å². The number of para-hydroxylation sites is 1. The van der Waals surface area contributed by atoms with Gasteiger partial charge in [-0.1, -0.05) is 18.2 Å². The topological polar surface area (TPSA) is 55.6 Å². The summed E-state index contributed by atoms with van der Waals surface area (Å²) in [6.45, 7) is 1.29. The van der Waals surface area contributed by atoms with E-state index in [1.54, 1.807) is 7.11 Å². The number of amides is 1. The van der Waals surface area contributed by atoms with Gasteiger partial charge >= 0.3 is 0 Å². The SMILES string of the molecule is COc1ccccc1CC1CCCN1C(=O)CCN. The zero-order valence-electron chi connectivity index (χ0n) is 11.5. The summed E-state index contributed by atoms with van der Waals surface area (Å²) in [5.41, 5.74) is 6.64. The number of ether oxygens (including phenoxy) is 1. The molecule has 1 saturated heterocycles. The summed E-state index contributed by atoms with van der Waals surface area (Å²) in [5, 5.41) is 0. The minimum Gasteiger partial charge on any atom is -0.496 e. The Bertz CT molecular complexity index is 434. The molecule has 104 valence electrons. The van der Waals surface area contributed by atoms with Crippen LogP contribution < -0.4 is 10.5 Å². The smallest absolute Gasteiger partial charge is 0.224 e. The molecule has 1 unspecified atom stereocenters. The van der Waals surface area contributed by atoms with Gasteiger partial charge in [-0.05, 0) is 30.9 Å². The second kappa shape index (κ2) is 6.57. The van der Waals surface area contributed by atoms with Crippen LogP contribution in [0.25, 0.3) is 0 Å². The van der Waals surface area contributed by atoms with Gasteiger partial charge in [-0.15, -0.1) is 0 Å². The van der Waals surface area contributed by atoms with E-state index in [4.69, 9.17) is 10.5 Å². The molecule has 0 spiro atoms. The predicted molar refractivity (Wildman–Crippen MR) is 75.1 cm³/mol. The van der Waals surface area contributed by atoms with Gasteiger partial charge in [0, 0.05) is 25.6 Å². The van der Waals surface area contributed by atoms with E-state index in [2.05, 4.69) is 6.07 Å². The summed E-state index contributed by atoms with van der Waals surface area (Å²) in [7, 11) is 1.69. The van der Waals surface area contributed by atoms with Crippen LogP contribution in [-0.2, 0) is 11.2 Å². The number of carbonyl (C=O) groups excluding carboxylic acids is 1. The normalized spacial score (nSPS) is 18.6. The van der Waals surface area contributed by atoms with Gasteiger partial charge in [0.15, 0.2) is 0 Å². The lowest BCUT2D eigenvalue weighted by molar-refractivity contribution is -0.131. The third-order valence-corrected chi connectivity index (χ3v) is 3.70. The number of benzene rings is 1. The molecule has 0 radical (unpaired) electrons. The maximum Gasteiger partial charge on any atom is 0.224 e. The first-order chi connectivity index (χ1) is 9.26. The Morgan fingerprint density at radius 3 is 3.00 bits per heavy atom. The molecule has 4 nitrogen and oxygen atoms in total. The van der Waals surface area contributed by atoms with Crippen LogP contribution in [0.3, 0.4) is 0 Å². The van der Waals surface area contributed by atoms with Crippen molar-refractivity contribution in [3.63, 3.8) is 0 Å². The number of methoxy groups -OCH3 is 1. The Kier molecular flexibility index (Phi) is 4.80. The third-order valence-electron chi connectivity index (χ3n) is 3.70. The fourth-order valence-corrected chi connectivity index (χ4v) is 2.77. The molecule has 1 aliphatic rings. The van der Waals surface area contributed by atoms with Crippen molar-refractivity contribution < 1.29 is 9.53 Å². The molecule has 1 aliphatic heterocycles. The Morgan fingerprint density at radius 2 is 2.26 bits per heavy atom. The first kappa shape index (κ1) is 13.9. The van der Waals surface area contributed by atoms with Crippen LogP contribution >= 0.6 is 0 Å². The minimum atomic E-state index is 0.180. The molecular formula is C15H22N2O2. The quantitative estimate of drug-likeness (QED) is 0.876. The first-order valence-electron chi connectivity index (χ1n) is 6.87. The fraction of sp³-hybridized carbons (Fsp3) is 0.533. The molecule has 2 N–H and O–H groups in total. The Morgan fingerprint density at radius 1 is 1.47 bits per heavy atom. The Labute approximate surface area is 114 Å². The predicted octanol–water partition coefficient (Wildman–Crippen LogP) is 1.58. The summed E-state index contributed by atoms with van der Waals surface area (Å²) in [5.74, 6) is 1.08. The van der Waals surface area contributed by atoms with Crippen LogP contribution in [0.15, 0.2) is 24.3 Å². The molecule has 1 aromatic carbocycles. The van der Waals surface area contributed by atoms with Gasteiger partial charge in [0.05, 0.1) is 7.11 Å². The summed E-state index contributed by atoms with van der Waals surface area (Å²) >= 11 is 0. The van der Waals surface area contributed by atoms with Crippen molar-refractivity contribution in [2.24, 2.45) is 5.73 Å². The molecule has 1 aromatic rings. The lowest BCUT2D eigenvalue weighted by atomic mass is 10.0. The van der Waals surface area contributed by atoms with Gasteiger partial charge in [0.2, 0.25) is 5.91 Å². The van der Waals surface area contributed by atoms with Crippen LogP contribution in [0.4, 0.5) is 0 Å². The van der Waals surface area contributed by atoms with E-state index in [-0.39, 0.29) is 11.9 Å². The minimum absolute atomic E-state index is 0.180. The molecule has 4 heteroatoms. The number of hydrogen-bond acceptors (Lipinski definition) is 3. The van der Waals surface area contributed by atoms with E-state index < -0.39 is 0 Å². The number of nitrogens with two attached hydrogens (primary N) is 1. The number of hydrogen-bond donors (Lipinski definition) is 1. The molecule has 1 fully saturated rings. The molecule has 0 saturated carbocycles. The summed E-state index contributed by atoms with van der Waals surface area (Å²) in [6.07, 6.45) is 3.45. The van der Waals surface area contributed by atoms with E-state index in [0.29, 0.717) is 13.0 Å². The largest absolute Gasteiger partial charge is 0.496 e. The molecule has 0 bridgehead atoms. The number of nitrogens with zero attached hydrogens (tertiary/aromatic N) is 1. The van der Waals surface area contributed by atoms with Crippen LogP contribution in [0, 0.1) is 0 Å². The van der Waals surface area contributed by atoms with E-state index >= 15 is 0 Å². The molecule has 1 atom stereocenters. The Hall–Kier alpha value is -1.55. The van der Waals surface area contributed by atoms with Crippen molar-refractivity contribution in [1.29, 1.82) is 0 Å². The van der Waals surface area contributed by atoms with Crippen molar-refractivity contribution in [2.45, 2.75) is 31.7 Å². The lowest BCUT2D eigenvalue weighted by Crippen LogP contribution is -2.37. The number of carbonyl (C=O) groups is 1. The standard InChI is InChI=1S/C15H22N2O2/c1-19-14-7-3-2-5-12(14)11-13-6-4-10-17(13)15(18)8-9-16/h2-3,5,7,13H,4,6,8-11,16H2,1H3. The highest BCUT2D eigenvalue weighted by molar-refractivity contribution is 5.77. The fourth-order valence-electron chi connectivity index (χ4n) is 2.77. The molecule has 19 heavy (non-hydrogen) atoms. The highest BCUT2D eigenvalue weighted by Crippen LogP contribution is 2.26. The van der Waals surface area contributed by atoms with Crippen LogP contribution in [0.1, 0.15) is 24.8 Å². The van der Waals surface area contributed by atoms with E-state index in [1.165, 1.54) is 5.56 Å². The van der Waals surface area contributed by atoms with Crippen molar-refractivity contribution in [3.05, 3.63) is 29.8 Å². The maximum atomic E-state index is 12.0. The molecule has 0 aromatic heterocycles. The average Bonchev–Trinajstić information content (AvgIpc) is 2.88. The number of rotatable bonds is 5. The van der Waals surface area contributed by atoms with E-state index in [0.717, 1.165) is 31.6 Å². The lowest BCUT2D eigenvalue weighted by Gasteiger charge is -2.25. The average molecular weight is 262 g/mol. The molecule has 1 heterocycles. The van der Waals surface area contributed by atoms with Crippen molar-refractivity contribution >= 4 is 5.91 Å². The van der Waals surface area contributed by atoms with E-state index in [9.17, 15) is 4.79 Å². The summed E-state index contributed by atoms with van der Waals surface area (Å²) < 4.78 is 5.38.